The normalized spacial score (nSPS) is 11.5. The van der Waals surface area contributed by atoms with Crippen LogP contribution < -0.4 is 10.3 Å². The number of aliphatic carboxylic acids is 1. The lowest BCUT2D eigenvalue weighted by atomic mass is 9.78. The highest BCUT2D eigenvalue weighted by atomic mass is 16.5. The predicted molar refractivity (Wildman–Crippen MR) is 101 cm³/mol. The maximum absolute atomic E-state index is 13.2. The third-order valence-electron chi connectivity index (χ3n) is 4.77. The lowest BCUT2D eigenvalue weighted by Gasteiger charge is -2.26. The third-order valence-corrected chi connectivity index (χ3v) is 4.77. The van der Waals surface area contributed by atoms with Gasteiger partial charge in [0.15, 0.2) is 0 Å². The van der Waals surface area contributed by atoms with Gasteiger partial charge in [-0.1, -0.05) is 44.2 Å². The number of carboxylic acid groups (broad SMARTS) is 1. The van der Waals surface area contributed by atoms with Gasteiger partial charge in [-0.2, -0.15) is 0 Å². The van der Waals surface area contributed by atoms with Crippen LogP contribution in [0.4, 0.5) is 0 Å². The van der Waals surface area contributed by atoms with E-state index >= 15 is 0 Å². The molecule has 0 amide bonds. The molecule has 0 radical (unpaired) electrons. The summed E-state index contributed by atoms with van der Waals surface area (Å²) in [4.78, 5) is 24.6. The molecular formula is C21H21NO4. The molecule has 0 atom stereocenters. The Morgan fingerprint density at radius 3 is 2.42 bits per heavy atom. The molecule has 0 aliphatic rings. The summed E-state index contributed by atoms with van der Waals surface area (Å²) in [5, 5.41) is 10.1. The Labute approximate surface area is 151 Å². The Hall–Kier alpha value is -3.08. The van der Waals surface area contributed by atoms with Crippen LogP contribution in [0.1, 0.15) is 25.0 Å². The van der Waals surface area contributed by atoms with Crippen molar-refractivity contribution in [3.05, 3.63) is 76.1 Å². The number of carbonyl (C=O) groups is 1. The molecule has 1 N–H and O–H groups in total. The summed E-state index contributed by atoms with van der Waals surface area (Å²) in [6, 6.07) is 16.9. The molecule has 1 heterocycles. The second-order valence-corrected chi connectivity index (χ2v) is 6.76. The van der Waals surface area contributed by atoms with Crippen LogP contribution in [-0.4, -0.2) is 22.8 Å². The fourth-order valence-electron chi connectivity index (χ4n) is 3.23. The molecular weight excluding hydrogens is 330 g/mol. The van der Waals surface area contributed by atoms with E-state index in [4.69, 9.17) is 4.74 Å². The smallest absolute Gasteiger partial charge is 0.323 e. The van der Waals surface area contributed by atoms with Crippen molar-refractivity contribution in [2.45, 2.75) is 25.8 Å². The lowest BCUT2D eigenvalue weighted by Crippen LogP contribution is -2.34. The fourth-order valence-corrected chi connectivity index (χ4v) is 3.23. The third kappa shape index (κ3) is 3.08. The highest BCUT2D eigenvalue weighted by molar-refractivity contribution is 5.83. The quantitative estimate of drug-likeness (QED) is 0.765. The Morgan fingerprint density at radius 2 is 1.81 bits per heavy atom. The van der Waals surface area contributed by atoms with Gasteiger partial charge in [-0.05, 0) is 29.1 Å². The van der Waals surface area contributed by atoms with Gasteiger partial charge in [-0.3, -0.25) is 14.2 Å². The van der Waals surface area contributed by atoms with Crippen molar-refractivity contribution in [3.8, 4) is 5.75 Å². The number of benzene rings is 2. The van der Waals surface area contributed by atoms with Gasteiger partial charge in [-0.15, -0.1) is 0 Å². The van der Waals surface area contributed by atoms with Crippen LogP contribution in [-0.2, 0) is 16.8 Å². The van der Waals surface area contributed by atoms with Crippen LogP contribution in [0.25, 0.3) is 10.9 Å². The number of rotatable bonds is 5. The number of hydrogen-bond donors (Lipinski definition) is 1. The molecule has 3 rings (SSSR count). The van der Waals surface area contributed by atoms with E-state index in [2.05, 4.69) is 0 Å². The zero-order chi connectivity index (χ0) is 18.9. The number of nitrogens with zero attached hydrogens (tertiary/aromatic N) is 1. The maximum Gasteiger partial charge on any atom is 0.323 e. The zero-order valence-corrected chi connectivity index (χ0v) is 15.0. The van der Waals surface area contributed by atoms with E-state index < -0.39 is 17.9 Å². The van der Waals surface area contributed by atoms with Gasteiger partial charge in [0, 0.05) is 17.0 Å². The molecule has 1 aromatic heterocycles. The maximum atomic E-state index is 13.2. The zero-order valence-electron chi connectivity index (χ0n) is 15.0. The molecule has 2 aromatic carbocycles. The number of hydrogen-bond acceptors (Lipinski definition) is 3. The molecule has 0 saturated heterocycles. The van der Waals surface area contributed by atoms with E-state index in [1.54, 1.807) is 12.1 Å². The van der Waals surface area contributed by atoms with Crippen LogP contribution in [0.5, 0.6) is 5.75 Å². The van der Waals surface area contributed by atoms with Gasteiger partial charge < -0.3 is 9.84 Å². The second kappa shape index (κ2) is 6.67. The first-order chi connectivity index (χ1) is 12.3. The number of carboxylic acids is 1. The standard InChI is InChI=1S/C21H21NO4/c1-21(2,15-7-5-4-6-8-15)17-11-14-9-10-16(26-3)12-18(14)22(20(17)25)13-19(23)24/h4-12H,13H2,1-3H3,(H,23,24). The minimum Gasteiger partial charge on any atom is -0.497 e. The number of ether oxygens (including phenoxy) is 1. The van der Waals surface area contributed by atoms with E-state index in [1.807, 2.05) is 56.3 Å². The van der Waals surface area contributed by atoms with Gasteiger partial charge >= 0.3 is 5.97 Å². The van der Waals surface area contributed by atoms with E-state index in [-0.39, 0.29) is 5.56 Å². The molecule has 0 spiro atoms. The topological polar surface area (TPSA) is 68.5 Å². The fraction of sp³-hybridized carbons (Fsp3) is 0.238. The Morgan fingerprint density at radius 1 is 1.12 bits per heavy atom. The van der Waals surface area contributed by atoms with Gasteiger partial charge in [0.05, 0.1) is 12.6 Å². The average molecular weight is 351 g/mol. The van der Waals surface area contributed by atoms with Crippen LogP contribution >= 0.6 is 0 Å². The highest BCUT2D eigenvalue weighted by Crippen LogP contribution is 2.31. The minimum absolute atomic E-state index is 0.304. The summed E-state index contributed by atoms with van der Waals surface area (Å²) >= 11 is 0. The lowest BCUT2D eigenvalue weighted by molar-refractivity contribution is -0.137. The van der Waals surface area contributed by atoms with Gasteiger partial charge in [0.25, 0.3) is 5.56 Å². The van der Waals surface area contributed by atoms with E-state index in [1.165, 1.54) is 11.7 Å². The summed E-state index contributed by atoms with van der Waals surface area (Å²) in [5.41, 5.74) is 1.23. The van der Waals surface area contributed by atoms with Crippen molar-refractivity contribution < 1.29 is 14.6 Å². The van der Waals surface area contributed by atoms with Crippen molar-refractivity contribution in [1.29, 1.82) is 0 Å². The van der Waals surface area contributed by atoms with Crippen molar-refractivity contribution in [3.63, 3.8) is 0 Å². The van der Waals surface area contributed by atoms with Gasteiger partial charge in [0.1, 0.15) is 12.3 Å². The van der Waals surface area contributed by atoms with E-state index in [0.717, 1.165) is 10.9 Å². The Balaban J connectivity index is 2.32. The SMILES string of the molecule is COc1ccc2cc(C(C)(C)c3ccccc3)c(=O)n(CC(=O)O)c2c1. The molecule has 0 bridgehead atoms. The molecule has 0 aliphatic heterocycles. The summed E-state index contributed by atoms with van der Waals surface area (Å²) in [7, 11) is 1.54. The van der Waals surface area contributed by atoms with Crippen LogP contribution in [0, 0.1) is 0 Å². The first kappa shape index (κ1) is 17.7. The Kier molecular flexibility index (Phi) is 4.55. The van der Waals surface area contributed by atoms with Gasteiger partial charge in [-0.25, -0.2) is 0 Å². The highest BCUT2D eigenvalue weighted by Gasteiger charge is 2.28. The van der Waals surface area contributed by atoms with Crippen LogP contribution in [0.3, 0.4) is 0 Å². The molecule has 0 fully saturated rings. The first-order valence-corrected chi connectivity index (χ1v) is 8.34. The molecule has 134 valence electrons. The molecule has 26 heavy (non-hydrogen) atoms. The predicted octanol–water partition coefficient (Wildman–Crippen LogP) is 3.42. The largest absolute Gasteiger partial charge is 0.497 e. The van der Waals surface area contributed by atoms with Crippen molar-refractivity contribution in [2.75, 3.05) is 7.11 Å². The van der Waals surface area contributed by atoms with Crippen molar-refractivity contribution in [2.24, 2.45) is 0 Å². The second-order valence-electron chi connectivity index (χ2n) is 6.76. The summed E-state index contributed by atoms with van der Waals surface area (Å²) in [6.07, 6.45) is 0. The average Bonchev–Trinajstić information content (AvgIpc) is 2.63. The molecule has 5 nitrogen and oxygen atoms in total. The summed E-state index contributed by atoms with van der Waals surface area (Å²) < 4.78 is 6.53. The number of pyridine rings is 1. The molecule has 5 heteroatoms. The minimum atomic E-state index is -1.06. The summed E-state index contributed by atoms with van der Waals surface area (Å²) in [6.45, 7) is 3.54. The molecule has 0 saturated carbocycles. The van der Waals surface area contributed by atoms with Crippen molar-refractivity contribution >= 4 is 16.9 Å². The number of methoxy groups -OCH3 is 1. The first-order valence-electron chi connectivity index (χ1n) is 8.34. The van der Waals surface area contributed by atoms with Crippen molar-refractivity contribution in [1.82, 2.24) is 4.57 Å². The Bertz CT molecular complexity index is 1020. The van der Waals surface area contributed by atoms with Gasteiger partial charge in [0.2, 0.25) is 0 Å². The number of aromatic nitrogens is 1. The number of fused-ring (bicyclic) bond motifs is 1. The van der Waals surface area contributed by atoms with E-state index in [0.29, 0.717) is 16.8 Å². The molecule has 0 aliphatic carbocycles. The van der Waals surface area contributed by atoms with E-state index in [9.17, 15) is 14.7 Å². The summed E-state index contributed by atoms with van der Waals surface area (Å²) in [5.74, 6) is -0.489. The van der Waals surface area contributed by atoms with Crippen LogP contribution in [0.2, 0.25) is 0 Å². The molecule has 3 aromatic rings. The van der Waals surface area contributed by atoms with Crippen LogP contribution in [0.15, 0.2) is 59.4 Å². The molecule has 0 unspecified atom stereocenters. The monoisotopic (exact) mass is 351 g/mol.